The van der Waals surface area contributed by atoms with E-state index in [9.17, 15) is 14.4 Å². The van der Waals surface area contributed by atoms with E-state index in [2.05, 4.69) is 53.4 Å². The molecular weight excluding hydrogens is 482 g/mol. The molecule has 0 spiro atoms. The third-order valence-corrected chi connectivity index (χ3v) is 9.00. The lowest BCUT2D eigenvalue weighted by Gasteiger charge is -2.27. The Bertz CT molecular complexity index is 1030. The van der Waals surface area contributed by atoms with Gasteiger partial charge in [0, 0.05) is 36.3 Å². The van der Waals surface area contributed by atoms with Crippen LogP contribution in [0.5, 0.6) is 0 Å². The summed E-state index contributed by atoms with van der Waals surface area (Å²) in [6.45, 7) is 13.3. The number of thiophene rings is 1. The average molecular weight is 528 g/mol. The summed E-state index contributed by atoms with van der Waals surface area (Å²) in [4.78, 5) is 42.5. The maximum atomic E-state index is 13.4. The van der Waals surface area contributed by atoms with Gasteiger partial charge >= 0.3 is 5.97 Å². The Balaban J connectivity index is 1.85. The Hall–Kier alpha value is -2.13. The standard InChI is InChI=1S/C31H45NO4S/c1-20(2)32-17-15-26(29(32)34)23(12-13-27(33)22-10-8-21(3)9-11-22)18-24-19-25(14-16-31(4,5)6)37-28(24)30(35)36-7/h19-23,26H,8-13,15,17-18H2,1-7H3. The van der Waals surface area contributed by atoms with Gasteiger partial charge in [-0.3, -0.25) is 9.59 Å². The molecule has 0 aromatic carbocycles. The van der Waals surface area contributed by atoms with Gasteiger partial charge in [-0.25, -0.2) is 4.79 Å². The largest absolute Gasteiger partial charge is 0.465 e. The van der Waals surface area contributed by atoms with Crippen LogP contribution in [-0.2, 0) is 20.7 Å². The molecule has 6 heteroatoms. The Morgan fingerprint density at radius 1 is 1.16 bits per heavy atom. The molecule has 204 valence electrons. The molecule has 2 heterocycles. The van der Waals surface area contributed by atoms with Crippen LogP contribution in [0.1, 0.15) is 107 Å². The van der Waals surface area contributed by atoms with Crippen molar-refractivity contribution in [2.24, 2.45) is 29.1 Å². The topological polar surface area (TPSA) is 63.7 Å². The van der Waals surface area contributed by atoms with E-state index in [0.29, 0.717) is 35.8 Å². The zero-order valence-corrected chi connectivity index (χ0v) is 24.6. The highest BCUT2D eigenvalue weighted by Crippen LogP contribution is 2.36. The van der Waals surface area contributed by atoms with Gasteiger partial charge < -0.3 is 9.64 Å². The van der Waals surface area contributed by atoms with Crippen LogP contribution < -0.4 is 0 Å². The second-order valence-electron chi connectivity index (χ2n) is 12.4. The second kappa shape index (κ2) is 12.6. The van der Waals surface area contributed by atoms with E-state index in [-0.39, 0.29) is 41.1 Å². The Morgan fingerprint density at radius 2 is 1.84 bits per heavy atom. The number of ether oxygens (including phenoxy) is 1. The van der Waals surface area contributed by atoms with Crippen LogP contribution in [0.3, 0.4) is 0 Å². The SMILES string of the molecule is COC(=O)c1sc(C#CC(C)(C)C)cc1CC(CCC(=O)C1CCC(C)CC1)C1CCN(C(C)C)C1=O. The van der Waals surface area contributed by atoms with Crippen LogP contribution in [0, 0.1) is 40.9 Å². The van der Waals surface area contributed by atoms with Gasteiger partial charge in [0.25, 0.3) is 0 Å². The second-order valence-corrected chi connectivity index (χ2v) is 13.5. The van der Waals surface area contributed by atoms with Crippen molar-refractivity contribution in [3.05, 3.63) is 21.4 Å². The molecule has 1 saturated carbocycles. The Morgan fingerprint density at radius 3 is 2.41 bits per heavy atom. The lowest BCUT2D eigenvalue weighted by atomic mass is 9.77. The summed E-state index contributed by atoms with van der Waals surface area (Å²) < 4.78 is 5.09. The molecule has 1 aromatic rings. The van der Waals surface area contributed by atoms with Crippen LogP contribution in [0.4, 0.5) is 0 Å². The summed E-state index contributed by atoms with van der Waals surface area (Å²) in [5.74, 6) is 7.39. The Kier molecular flexibility index (Phi) is 10.0. The molecule has 2 atom stereocenters. The fraction of sp³-hybridized carbons (Fsp3) is 0.710. The van der Waals surface area contributed by atoms with Gasteiger partial charge in [-0.2, -0.15) is 0 Å². The summed E-state index contributed by atoms with van der Waals surface area (Å²) in [6.07, 6.45) is 6.78. The van der Waals surface area contributed by atoms with Gasteiger partial charge in [-0.05, 0) is 90.2 Å². The summed E-state index contributed by atoms with van der Waals surface area (Å²) in [5.41, 5.74) is 0.737. The van der Waals surface area contributed by atoms with E-state index in [1.54, 1.807) is 0 Å². The van der Waals surface area contributed by atoms with Gasteiger partial charge in [-0.1, -0.05) is 31.6 Å². The lowest BCUT2D eigenvalue weighted by Crippen LogP contribution is -2.36. The molecule has 1 aliphatic heterocycles. The zero-order valence-electron chi connectivity index (χ0n) is 23.8. The number of carbonyl (C=O) groups excluding carboxylic acids is 3. The van der Waals surface area contributed by atoms with Crippen LogP contribution in [0.25, 0.3) is 0 Å². The number of methoxy groups -OCH3 is 1. The highest BCUT2D eigenvalue weighted by Gasteiger charge is 2.39. The summed E-state index contributed by atoms with van der Waals surface area (Å²) >= 11 is 1.36. The summed E-state index contributed by atoms with van der Waals surface area (Å²) in [5, 5.41) is 0. The van der Waals surface area contributed by atoms with Crippen molar-refractivity contribution in [2.75, 3.05) is 13.7 Å². The predicted octanol–water partition coefficient (Wildman–Crippen LogP) is 6.52. The van der Waals surface area contributed by atoms with E-state index in [1.165, 1.54) is 18.4 Å². The molecule has 1 amide bonds. The van der Waals surface area contributed by atoms with Gasteiger partial charge in [0.2, 0.25) is 5.91 Å². The predicted molar refractivity (Wildman–Crippen MR) is 150 cm³/mol. The first-order chi connectivity index (χ1) is 17.4. The van der Waals surface area contributed by atoms with Crippen molar-refractivity contribution < 1.29 is 19.1 Å². The molecule has 5 nitrogen and oxygen atoms in total. The first-order valence-corrected chi connectivity index (χ1v) is 14.8. The number of Topliss-reactive ketones (excluding diaryl/α,β-unsaturated/α-hetero) is 1. The molecule has 0 N–H and O–H groups in total. The monoisotopic (exact) mass is 527 g/mol. The fourth-order valence-corrected chi connectivity index (χ4v) is 6.64. The minimum atomic E-state index is -0.364. The van der Waals surface area contributed by atoms with Crippen LogP contribution in [0.2, 0.25) is 0 Å². The molecule has 0 bridgehead atoms. The highest BCUT2D eigenvalue weighted by atomic mass is 32.1. The van der Waals surface area contributed by atoms with Crippen molar-refractivity contribution in [3.63, 3.8) is 0 Å². The number of esters is 1. The first-order valence-electron chi connectivity index (χ1n) is 14.0. The van der Waals surface area contributed by atoms with Crippen molar-refractivity contribution in [3.8, 4) is 11.8 Å². The smallest absolute Gasteiger partial charge is 0.348 e. The van der Waals surface area contributed by atoms with E-state index in [0.717, 1.165) is 49.1 Å². The molecule has 2 aliphatic rings. The number of hydrogen-bond donors (Lipinski definition) is 0. The Labute approximate surface area is 227 Å². The number of ketones is 1. The van der Waals surface area contributed by atoms with Crippen LogP contribution in [0.15, 0.2) is 6.07 Å². The molecule has 1 aromatic heterocycles. The number of hydrogen-bond acceptors (Lipinski definition) is 5. The average Bonchev–Trinajstić information content (AvgIpc) is 3.43. The van der Waals surface area contributed by atoms with E-state index in [4.69, 9.17) is 4.74 Å². The number of carbonyl (C=O) groups is 3. The molecule has 0 radical (unpaired) electrons. The molecule has 1 saturated heterocycles. The fourth-order valence-electron chi connectivity index (χ4n) is 5.67. The van der Waals surface area contributed by atoms with Crippen molar-refractivity contribution in [2.45, 2.75) is 99.0 Å². The van der Waals surface area contributed by atoms with Gasteiger partial charge in [0.1, 0.15) is 10.7 Å². The minimum Gasteiger partial charge on any atom is -0.465 e. The maximum absolute atomic E-state index is 13.4. The van der Waals surface area contributed by atoms with Gasteiger partial charge in [0.15, 0.2) is 0 Å². The molecule has 2 unspecified atom stereocenters. The van der Waals surface area contributed by atoms with Gasteiger partial charge in [0.05, 0.1) is 12.0 Å². The maximum Gasteiger partial charge on any atom is 0.348 e. The normalized spacial score (nSPS) is 23.1. The highest BCUT2D eigenvalue weighted by molar-refractivity contribution is 7.14. The summed E-state index contributed by atoms with van der Waals surface area (Å²) in [7, 11) is 1.40. The van der Waals surface area contributed by atoms with E-state index < -0.39 is 0 Å². The molecule has 37 heavy (non-hydrogen) atoms. The van der Waals surface area contributed by atoms with Crippen LogP contribution >= 0.6 is 11.3 Å². The molecule has 3 rings (SSSR count). The van der Waals surface area contributed by atoms with Crippen molar-refractivity contribution in [1.82, 2.24) is 4.90 Å². The van der Waals surface area contributed by atoms with Crippen molar-refractivity contribution >= 4 is 29.0 Å². The molecule has 2 fully saturated rings. The molecular formula is C31H45NO4S. The minimum absolute atomic E-state index is 0.00384. The first kappa shape index (κ1) is 29.4. The van der Waals surface area contributed by atoms with E-state index >= 15 is 0 Å². The van der Waals surface area contributed by atoms with E-state index in [1.807, 2.05) is 11.0 Å². The number of nitrogens with zero attached hydrogens (tertiary/aromatic N) is 1. The van der Waals surface area contributed by atoms with Gasteiger partial charge in [-0.15, -0.1) is 11.3 Å². The number of likely N-dealkylation sites (tertiary alicyclic amines) is 1. The lowest BCUT2D eigenvalue weighted by molar-refractivity contribution is -0.134. The third kappa shape index (κ3) is 7.93. The number of amides is 1. The summed E-state index contributed by atoms with van der Waals surface area (Å²) in [6, 6.07) is 2.15. The van der Waals surface area contributed by atoms with Crippen LogP contribution in [-0.4, -0.2) is 42.3 Å². The quantitative estimate of drug-likeness (QED) is 0.271. The number of rotatable bonds is 9. The zero-order chi connectivity index (χ0) is 27.3. The third-order valence-electron chi connectivity index (χ3n) is 7.93. The molecule has 1 aliphatic carbocycles. The van der Waals surface area contributed by atoms with Crippen molar-refractivity contribution in [1.29, 1.82) is 0 Å².